The van der Waals surface area contributed by atoms with Crippen LogP contribution in [0.25, 0.3) is 0 Å². The maximum Gasteiger partial charge on any atom is 0.225 e. The lowest BCUT2D eigenvalue weighted by Gasteiger charge is -2.14. The van der Waals surface area contributed by atoms with Crippen LogP contribution in [-0.4, -0.2) is 16.0 Å². The second-order valence-electron chi connectivity index (χ2n) is 4.34. The number of nitrogens with one attached hydrogen (secondary N) is 1. The third-order valence-electron chi connectivity index (χ3n) is 2.69. The standard InChI is InChI=1S/C12H18N2O2/c1-8(2)9(3)7-11(16)14-12-10(15)5-4-6-13-12/h4-6,8-9,15H,7H2,1-3H3,(H,13,14,16)/t9-/m1/s1. The number of aromatic nitrogens is 1. The average Bonchev–Trinajstić information content (AvgIpc) is 2.21. The smallest absolute Gasteiger partial charge is 0.225 e. The van der Waals surface area contributed by atoms with Gasteiger partial charge in [-0.25, -0.2) is 4.98 Å². The summed E-state index contributed by atoms with van der Waals surface area (Å²) in [6, 6.07) is 3.11. The number of aromatic hydroxyl groups is 1. The number of pyridine rings is 1. The number of nitrogens with zero attached hydrogens (tertiary/aromatic N) is 1. The highest BCUT2D eigenvalue weighted by atomic mass is 16.3. The Morgan fingerprint density at radius 2 is 2.19 bits per heavy atom. The fourth-order valence-corrected chi connectivity index (χ4v) is 1.20. The van der Waals surface area contributed by atoms with Gasteiger partial charge in [0.25, 0.3) is 0 Å². The number of carbonyl (C=O) groups excluding carboxylic acids is 1. The van der Waals surface area contributed by atoms with Crippen molar-refractivity contribution in [3.63, 3.8) is 0 Å². The van der Waals surface area contributed by atoms with Gasteiger partial charge in [-0.15, -0.1) is 0 Å². The molecule has 0 radical (unpaired) electrons. The molecule has 0 unspecified atom stereocenters. The maximum atomic E-state index is 11.6. The first kappa shape index (κ1) is 12.5. The zero-order chi connectivity index (χ0) is 12.1. The third-order valence-corrected chi connectivity index (χ3v) is 2.69. The highest BCUT2D eigenvalue weighted by Crippen LogP contribution is 2.20. The summed E-state index contributed by atoms with van der Waals surface area (Å²) in [6.45, 7) is 6.19. The van der Waals surface area contributed by atoms with Crippen LogP contribution in [0.15, 0.2) is 18.3 Å². The van der Waals surface area contributed by atoms with Gasteiger partial charge in [-0.05, 0) is 24.0 Å². The highest BCUT2D eigenvalue weighted by Gasteiger charge is 2.13. The van der Waals surface area contributed by atoms with Gasteiger partial charge >= 0.3 is 0 Å². The van der Waals surface area contributed by atoms with E-state index in [-0.39, 0.29) is 17.5 Å². The predicted molar refractivity (Wildman–Crippen MR) is 63.2 cm³/mol. The van der Waals surface area contributed by atoms with Crippen molar-refractivity contribution in [3.05, 3.63) is 18.3 Å². The average molecular weight is 222 g/mol. The van der Waals surface area contributed by atoms with Crippen LogP contribution in [0, 0.1) is 11.8 Å². The van der Waals surface area contributed by atoms with Crippen molar-refractivity contribution >= 4 is 11.7 Å². The van der Waals surface area contributed by atoms with Crippen LogP contribution in [0.4, 0.5) is 5.82 Å². The van der Waals surface area contributed by atoms with Crippen molar-refractivity contribution in [3.8, 4) is 5.75 Å². The summed E-state index contributed by atoms with van der Waals surface area (Å²) in [7, 11) is 0. The second-order valence-corrected chi connectivity index (χ2v) is 4.34. The molecule has 1 aromatic rings. The summed E-state index contributed by atoms with van der Waals surface area (Å²) in [5.41, 5.74) is 0. The van der Waals surface area contributed by atoms with E-state index in [1.807, 2.05) is 6.92 Å². The van der Waals surface area contributed by atoms with E-state index < -0.39 is 0 Å². The molecule has 88 valence electrons. The van der Waals surface area contributed by atoms with Crippen LogP contribution < -0.4 is 5.32 Å². The minimum absolute atomic E-state index is 0.00644. The Kier molecular flexibility index (Phi) is 4.28. The first-order valence-electron chi connectivity index (χ1n) is 5.44. The van der Waals surface area contributed by atoms with Crippen LogP contribution in [0.2, 0.25) is 0 Å². The van der Waals surface area contributed by atoms with E-state index in [9.17, 15) is 9.90 Å². The molecule has 1 heterocycles. The molecule has 4 heteroatoms. The topological polar surface area (TPSA) is 62.2 Å². The number of carbonyl (C=O) groups is 1. The molecule has 0 aliphatic heterocycles. The first-order chi connectivity index (χ1) is 7.50. The summed E-state index contributed by atoms with van der Waals surface area (Å²) in [5, 5.41) is 12.0. The van der Waals surface area contributed by atoms with Crippen molar-refractivity contribution < 1.29 is 9.90 Å². The van der Waals surface area contributed by atoms with Gasteiger partial charge < -0.3 is 10.4 Å². The Hall–Kier alpha value is -1.58. The van der Waals surface area contributed by atoms with E-state index in [0.29, 0.717) is 18.3 Å². The SMILES string of the molecule is CC(C)[C@H](C)CC(=O)Nc1ncccc1O. The van der Waals surface area contributed by atoms with Crippen molar-refractivity contribution in [2.24, 2.45) is 11.8 Å². The third kappa shape index (κ3) is 3.53. The van der Waals surface area contributed by atoms with Crippen LogP contribution in [0.5, 0.6) is 5.75 Å². The molecular weight excluding hydrogens is 204 g/mol. The molecule has 0 saturated carbocycles. The lowest BCUT2D eigenvalue weighted by Crippen LogP contribution is -2.18. The zero-order valence-electron chi connectivity index (χ0n) is 9.90. The minimum Gasteiger partial charge on any atom is -0.504 e. The molecule has 1 atom stereocenters. The van der Waals surface area contributed by atoms with Gasteiger partial charge in [0, 0.05) is 12.6 Å². The van der Waals surface area contributed by atoms with Gasteiger partial charge in [0.05, 0.1) is 0 Å². The van der Waals surface area contributed by atoms with Gasteiger partial charge in [-0.2, -0.15) is 0 Å². The van der Waals surface area contributed by atoms with Gasteiger partial charge in [0.2, 0.25) is 5.91 Å². The normalized spacial score (nSPS) is 12.5. The molecular formula is C12H18N2O2. The Bertz CT molecular complexity index is 364. The molecule has 0 spiro atoms. The van der Waals surface area contributed by atoms with E-state index in [2.05, 4.69) is 24.1 Å². The Morgan fingerprint density at radius 3 is 2.75 bits per heavy atom. The summed E-state index contributed by atoms with van der Waals surface area (Å²) in [6.07, 6.45) is 1.97. The van der Waals surface area contributed by atoms with Crippen LogP contribution in [0.3, 0.4) is 0 Å². The molecule has 0 bridgehead atoms. The van der Waals surface area contributed by atoms with Crippen molar-refractivity contribution in [2.45, 2.75) is 27.2 Å². The Balaban J connectivity index is 2.55. The van der Waals surface area contributed by atoms with Crippen molar-refractivity contribution in [2.75, 3.05) is 5.32 Å². The number of hydrogen-bond acceptors (Lipinski definition) is 3. The minimum atomic E-state index is -0.116. The molecule has 2 N–H and O–H groups in total. The zero-order valence-corrected chi connectivity index (χ0v) is 9.90. The van der Waals surface area contributed by atoms with Gasteiger partial charge in [0.15, 0.2) is 11.6 Å². The lowest BCUT2D eigenvalue weighted by atomic mass is 9.94. The summed E-state index contributed by atoms with van der Waals surface area (Å²) < 4.78 is 0. The fraction of sp³-hybridized carbons (Fsp3) is 0.500. The molecule has 16 heavy (non-hydrogen) atoms. The molecule has 1 rings (SSSR count). The largest absolute Gasteiger partial charge is 0.504 e. The van der Waals surface area contributed by atoms with Gasteiger partial charge in [-0.3, -0.25) is 4.79 Å². The number of anilines is 1. The fourth-order valence-electron chi connectivity index (χ4n) is 1.20. The predicted octanol–water partition coefficient (Wildman–Crippen LogP) is 2.41. The van der Waals surface area contributed by atoms with E-state index in [0.717, 1.165) is 0 Å². The molecule has 0 fully saturated rings. The number of rotatable bonds is 4. The molecule has 1 amide bonds. The summed E-state index contributed by atoms with van der Waals surface area (Å²) in [4.78, 5) is 15.5. The van der Waals surface area contributed by atoms with Crippen LogP contribution in [-0.2, 0) is 4.79 Å². The quantitative estimate of drug-likeness (QED) is 0.822. The first-order valence-corrected chi connectivity index (χ1v) is 5.44. The molecule has 4 nitrogen and oxygen atoms in total. The summed E-state index contributed by atoms with van der Waals surface area (Å²) >= 11 is 0. The molecule has 1 aromatic heterocycles. The Labute approximate surface area is 95.7 Å². The lowest BCUT2D eigenvalue weighted by molar-refractivity contribution is -0.117. The van der Waals surface area contributed by atoms with Gasteiger partial charge in [-0.1, -0.05) is 20.8 Å². The Morgan fingerprint density at radius 1 is 1.50 bits per heavy atom. The van der Waals surface area contributed by atoms with Crippen LogP contribution >= 0.6 is 0 Å². The number of amides is 1. The molecule has 0 aromatic carbocycles. The van der Waals surface area contributed by atoms with Gasteiger partial charge in [0.1, 0.15) is 0 Å². The van der Waals surface area contributed by atoms with E-state index in [1.54, 1.807) is 6.07 Å². The molecule has 0 aliphatic rings. The molecule has 0 aliphatic carbocycles. The number of hydrogen-bond donors (Lipinski definition) is 2. The summed E-state index contributed by atoms with van der Waals surface area (Å²) in [5.74, 6) is 0.876. The highest BCUT2D eigenvalue weighted by molar-refractivity contribution is 5.91. The van der Waals surface area contributed by atoms with Crippen molar-refractivity contribution in [1.82, 2.24) is 4.98 Å². The van der Waals surface area contributed by atoms with E-state index in [1.165, 1.54) is 12.3 Å². The monoisotopic (exact) mass is 222 g/mol. The molecule has 0 saturated heterocycles. The van der Waals surface area contributed by atoms with Crippen LogP contribution in [0.1, 0.15) is 27.2 Å². The van der Waals surface area contributed by atoms with E-state index in [4.69, 9.17) is 0 Å². The van der Waals surface area contributed by atoms with Crippen molar-refractivity contribution in [1.29, 1.82) is 0 Å². The van der Waals surface area contributed by atoms with E-state index >= 15 is 0 Å². The maximum absolute atomic E-state index is 11.6. The second kappa shape index (κ2) is 5.49.